The molecular weight excluding hydrogens is 595 g/mol. The monoisotopic (exact) mass is 635 g/mol. The molecule has 0 saturated heterocycles. The highest BCUT2D eigenvalue weighted by molar-refractivity contribution is 7.95. The summed E-state index contributed by atoms with van der Waals surface area (Å²) in [5.74, 6) is 0. The molecule has 1 heteroatoms. The Kier molecular flexibility index (Phi) is 9.55. The molecule has 7 aromatic rings. The molecule has 0 aliphatic heterocycles. The summed E-state index contributed by atoms with van der Waals surface area (Å²) in [6.45, 7) is 2.21. The summed E-state index contributed by atoms with van der Waals surface area (Å²) in [5, 5.41) is 4.20. The van der Waals surface area contributed by atoms with Crippen LogP contribution in [0, 0.1) is 0 Å². The maximum Gasteiger partial charge on any atom is 0.116 e. The fraction of sp³-hybridized carbons (Fsp3) is 0.0638. The van der Waals surface area contributed by atoms with Crippen molar-refractivity contribution in [2.24, 2.45) is 0 Å². The van der Waals surface area contributed by atoms with Gasteiger partial charge in [-0.2, -0.15) is 0 Å². The summed E-state index contributed by atoms with van der Waals surface area (Å²) in [6.07, 6.45) is 1.97. The van der Waals surface area contributed by atoms with Gasteiger partial charge in [-0.05, 0) is 87.3 Å². The first-order valence-electron chi connectivity index (χ1n) is 16.8. The summed E-state index contributed by atoms with van der Waals surface area (Å²) < 4.78 is 0. The number of hydrogen-bond acceptors (Lipinski definition) is 0. The van der Waals surface area contributed by atoms with Gasteiger partial charge < -0.3 is 0 Å². The average molecular weight is 636 g/mol. The van der Waals surface area contributed by atoms with Crippen LogP contribution in [0.5, 0.6) is 0 Å². The largest absolute Gasteiger partial charge is 0.116 e. The topological polar surface area (TPSA) is 0 Å². The van der Waals surface area contributed by atoms with Crippen molar-refractivity contribution in [1.29, 1.82) is 0 Å². The normalized spacial score (nSPS) is 11.9. The van der Waals surface area contributed by atoms with Crippen LogP contribution in [0.4, 0.5) is 0 Å². The molecule has 0 atom stereocenters. The predicted molar refractivity (Wildman–Crippen MR) is 209 cm³/mol. The first kappa shape index (κ1) is 31.3. The van der Waals surface area contributed by atoms with Gasteiger partial charge in [-0.15, -0.1) is 0 Å². The summed E-state index contributed by atoms with van der Waals surface area (Å²) in [7, 11) is -2.01. The van der Waals surface area contributed by atoms with Crippen LogP contribution >= 0.6 is 7.26 Å². The van der Waals surface area contributed by atoms with Crippen LogP contribution in [0.3, 0.4) is 0 Å². The summed E-state index contributed by atoms with van der Waals surface area (Å²) in [5.41, 5.74) is 10.0. The molecule has 0 unspecified atom stereocenters. The van der Waals surface area contributed by atoms with Crippen molar-refractivity contribution in [3.8, 4) is 0 Å². The van der Waals surface area contributed by atoms with Crippen LogP contribution in [-0.2, 0) is 12.6 Å². The molecule has 0 aliphatic carbocycles. The Labute approximate surface area is 286 Å². The standard InChI is InChI=1S/C47H40P/c1-2-37-28-32-41(33-29-37)46(39-18-8-3-9-19-39)47(40-20-10-4-11-21-40)42-34-30-38(31-35-42)36-48(43-22-12-5-13-23-43,44-24-14-6-15-25-44)45-26-16-7-17-27-45/h3-35H,2,36H2,1H3/q+1. The molecule has 0 N–H and O–H groups in total. The van der Waals surface area contributed by atoms with Crippen LogP contribution in [-0.4, -0.2) is 0 Å². The fourth-order valence-electron chi connectivity index (χ4n) is 6.85. The van der Waals surface area contributed by atoms with E-state index in [0.717, 1.165) is 12.6 Å². The van der Waals surface area contributed by atoms with E-state index < -0.39 is 7.26 Å². The van der Waals surface area contributed by atoms with Crippen molar-refractivity contribution in [2.45, 2.75) is 19.5 Å². The molecule has 0 radical (unpaired) electrons. The average Bonchev–Trinajstić information content (AvgIpc) is 3.18. The van der Waals surface area contributed by atoms with Gasteiger partial charge in [0.1, 0.15) is 23.2 Å². The van der Waals surface area contributed by atoms with Crippen LogP contribution in [0.1, 0.15) is 40.3 Å². The number of hydrogen-bond donors (Lipinski definition) is 0. The summed E-state index contributed by atoms with van der Waals surface area (Å²) in [6, 6.07) is 73.7. The molecule has 0 aliphatic rings. The second-order valence-corrected chi connectivity index (χ2v) is 15.7. The second-order valence-electron chi connectivity index (χ2n) is 12.2. The van der Waals surface area contributed by atoms with Crippen molar-refractivity contribution >= 4 is 34.3 Å². The highest BCUT2D eigenvalue weighted by Gasteiger charge is 2.45. The lowest BCUT2D eigenvalue weighted by atomic mass is 9.85. The van der Waals surface area contributed by atoms with Gasteiger partial charge in [0.25, 0.3) is 0 Å². The quantitative estimate of drug-likeness (QED) is 0.104. The van der Waals surface area contributed by atoms with E-state index in [2.05, 4.69) is 207 Å². The lowest BCUT2D eigenvalue weighted by molar-refractivity contribution is 1.14. The Bertz CT molecular complexity index is 1970. The summed E-state index contributed by atoms with van der Waals surface area (Å²) >= 11 is 0. The van der Waals surface area contributed by atoms with Crippen LogP contribution in [0.2, 0.25) is 0 Å². The van der Waals surface area contributed by atoms with Gasteiger partial charge in [-0.3, -0.25) is 0 Å². The van der Waals surface area contributed by atoms with E-state index in [-0.39, 0.29) is 0 Å². The zero-order valence-corrected chi connectivity index (χ0v) is 28.3. The molecule has 0 aromatic heterocycles. The highest BCUT2D eigenvalue weighted by Crippen LogP contribution is 2.58. The molecular formula is C47H40P+. The third-order valence-corrected chi connectivity index (χ3v) is 13.7. The smallest absolute Gasteiger partial charge is 0.0622 e. The van der Waals surface area contributed by atoms with Gasteiger partial charge in [-0.1, -0.05) is 171 Å². The fourth-order valence-corrected chi connectivity index (χ4v) is 11.1. The van der Waals surface area contributed by atoms with Crippen LogP contribution in [0.15, 0.2) is 200 Å². The lowest BCUT2D eigenvalue weighted by Crippen LogP contribution is -2.32. The molecule has 0 fully saturated rings. The molecule has 0 amide bonds. The molecule has 0 saturated carbocycles. The molecule has 7 rings (SSSR count). The minimum Gasteiger partial charge on any atom is -0.0622 e. The summed E-state index contributed by atoms with van der Waals surface area (Å²) in [4.78, 5) is 0. The van der Waals surface area contributed by atoms with E-state index in [0.29, 0.717) is 0 Å². The van der Waals surface area contributed by atoms with Gasteiger partial charge in [0.2, 0.25) is 0 Å². The van der Waals surface area contributed by atoms with E-state index in [1.54, 1.807) is 0 Å². The lowest BCUT2D eigenvalue weighted by Gasteiger charge is -2.28. The maximum absolute atomic E-state index is 2.37. The highest BCUT2D eigenvalue weighted by atomic mass is 31.2. The molecule has 48 heavy (non-hydrogen) atoms. The molecule has 0 bridgehead atoms. The van der Waals surface area contributed by atoms with Crippen molar-refractivity contribution < 1.29 is 0 Å². The Morgan fingerprint density at radius 1 is 0.333 bits per heavy atom. The van der Waals surface area contributed by atoms with Crippen molar-refractivity contribution in [3.05, 3.63) is 234 Å². The Morgan fingerprint density at radius 3 is 0.958 bits per heavy atom. The first-order chi connectivity index (χ1) is 23.8. The third-order valence-electron chi connectivity index (χ3n) is 9.28. The zero-order valence-electron chi connectivity index (χ0n) is 27.4. The third kappa shape index (κ3) is 6.46. The van der Waals surface area contributed by atoms with Gasteiger partial charge in [0.15, 0.2) is 0 Å². The second kappa shape index (κ2) is 14.6. The van der Waals surface area contributed by atoms with E-state index in [4.69, 9.17) is 0 Å². The SMILES string of the molecule is CCc1ccc(C(=C(c2ccccc2)c2ccc(C[P+](c3ccccc3)(c3ccccc3)c3ccccc3)cc2)c2ccccc2)cc1. The molecule has 7 aromatic carbocycles. The first-order valence-corrected chi connectivity index (χ1v) is 18.8. The molecule has 0 nitrogen and oxygen atoms in total. The van der Waals surface area contributed by atoms with E-state index in [9.17, 15) is 0 Å². The van der Waals surface area contributed by atoms with Gasteiger partial charge in [0.05, 0.1) is 6.16 Å². The van der Waals surface area contributed by atoms with Gasteiger partial charge in [-0.25, -0.2) is 0 Å². The van der Waals surface area contributed by atoms with Crippen molar-refractivity contribution in [2.75, 3.05) is 0 Å². The van der Waals surface area contributed by atoms with Crippen LogP contribution < -0.4 is 15.9 Å². The van der Waals surface area contributed by atoms with Crippen LogP contribution in [0.25, 0.3) is 11.1 Å². The van der Waals surface area contributed by atoms with E-state index in [1.165, 1.54) is 60.4 Å². The van der Waals surface area contributed by atoms with E-state index >= 15 is 0 Å². The minimum atomic E-state index is -2.01. The van der Waals surface area contributed by atoms with Gasteiger partial charge >= 0.3 is 0 Å². The molecule has 0 heterocycles. The Morgan fingerprint density at radius 2 is 0.625 bits per heavy atom. The molecule has 0 spiro atoms. The number of rotatable bonds is 10. The zero-order chi connectivity index (χ0) is 32.6. The minimum absolute atomic E-state index is 0.944. The Balaban J connectivity index is 1.40. The predicted octanol–water partition coefficient (Wildman–Crippen LogP) is 10.8. The van der Waals surface area contributed by atoms with Crippen molar-refractivity contribution in [1.82, 2.24) is 0 Å². The van der Waals surface area contributed by atoms with E-state index in [1.807, 2.05) is 0 Å². The van der Waals surface area contributed by atoms with Crippen molar-refractivity contribution in [3.63, 3.8) is 0 Å². The molecule has 232 valence electrons. The number of benzene rings is 7. The number of aryl methyl sites for hydroxylation is 1. The maximum atomic E-state index is 2.37. The van der Waals surface area contributed by atoms with Gasteiger partial charge in [0, 0.05) is 0 Å². The Hall–Kier alpha value is -5.29.